The van der Waals surface area contributed by atoms with Crippen molar-refractivity contribution in [3.63, 3.8) is 0 Å². The molecule has 0 bridgehead atoms. The summed E-state index contributed by atoms with van der Waals surface area (Å²) in [6.07, 6.45) is -1.30. The lowest BCUT2D eigenvalue weighted by Crippen LogP contribution is -2.38. The van der Waals surface area contributed by atoms with E-state index in [1.165, 1.54) is 12.1 Å². The van der Waals surface area contributed by atoms with Gasteiger partial charge in [-0.05, 0) is 19.9 Å². The van der Waals surface area contributed by atoms with Gasteiger partial charge in [-0.1, -0.05) is 24.3 Å². The Morgan fingerprint density at radius 3 is 2.75 bits per heavy atom. The van der Waals surface area contributed by atoms with Crippen LogP contribution >= 0.6 is 0 Å². The minimum atomic E-state index is -2.91. The predicted octanol–water partition coefficient (Wildman–Crippen LogP) is 5.10. The monoisotopic (exact) mass is 442 g/mol. The Bertz CT molecular complexity index is 1220. The van der Waals surface area contributed by atoms with Gasteiger partial charge < -0.3 is 15.0 Å². The first kappa shape index (κ1) is 21.6. The van der Waals surface area contributed by atoms with Gasteiger partial charge in [0, 0.05) is 23.6 Å². The quantitative estimate of drug-likeness (QED) is 0.538. The molecule has 0 aliphatic carbocycles. The van der Waals surface area contributed by atoms with Gasteiger partial charge in [-0.2, -0.15) is 0 Å². The molecule has 0 saturated heterocycles. The highest BCUT2D eigenvalue weighted by atomic mass is 19.3. The summed E-state index contributed by atoms with van der Waals surface area (Å²) < 4.78 is 46.5. The molecular formula is C23H21F3N4O2. The van der Waals surface area contributed by atoms with Crippen LogP contribution in [0.15, 0.2) is 43.0 Å². The Morgan fingerprint density at radius 1 is 1.28 bits per heavy atom. The molecule has 1 aliphatic heterocycles. The first-order valence-corrected chi connectivity index (χ1v) is 9.99. The Kier molecular flexibility index (Phi) is 5.73. The van der Waals surface area contributed by atoms with E-state index < -0.39 is 23.8 Å². The van der Waals surface area contributed by atoms with E-state index in [0.717, 1.165) is 6.07 Å². The summed E-state index contributed by atoms with van der Waals surface area (Å²) in [4.78, 5) is 22.7. The molecule has 1 atom stereocenters. The van der Waals surface area contributed by atoms with Crippen molar-refractivity contribution in [3.8, 4) is 5.75 Å². The van der Waals surface area contributed by atoms with Crippen molar-refractivity contribution in [1.29, 1.82) is 0 Å². The number of ether oxygens (including phenoxy) is 1. The van der Waals surface area contributed by atoms with E-state index in [0.29, 0.717) is 40.5 Å². The second-order valence-electron chi connectivity index (χ2n) is 7.46. The SMILES string of the molecule is C=CCN1C(=O)COc2cc3nc(C)nc(N[C@H](C)c4cccc(C(F)F)c4F)c3cc21. The molecular weight excluding hydrogens is 421 g/mol. The fraction of sp³-hybridized carbons (Fsp3) is 0.261. The maximum atomic E-state index is 14.7. The fourth-order valence-corrected chi connectivity index (χ4v) is 3.73. The van der Waals surface area contributed by atoms with E-state index in [4.69, 9.17) is 4.74 Å². The van der Waals surface area contributed by atoms with Crippen molar-refractivity contribution in [2.75, 3.05) is 23.4 Å². The molecule has 9 heteroatoms. The average molecular weight is 442 g/mol. The molecule has 1 aromatic heterocycles. The van der Waals surface area contributed by atoms with E-state index in [1.807, 2.05) is 0 Å². The lowest BCUT2D eigenvalue weighted by Gasteiger charge is -2.29. The Labute approximate surface area is 182 Å². The zero-order chi connectivity index (χ0) is 23.0. The summed E-state index contributed by atoms with van der Waals surface area (Å²) in [5.74, 6) is 0.196. The number of alkyl halides is 2. The van der Waals surface area contributed by atoms with Crippen LogP contribution in [0.25, 0.3) is 10.9 Å². The van der Waals surface area contributed by atoms with Gasteiger partial charge in [-0.15, -0.1) is 6.58 Å². The van der Waals surface area contributed by atoms with E-state index in [2.05, 4.69) is 21.9 Å². The van der Waals surface area contributed by atoms with E-state index >= 15 is 0 Å². The van der Waals surface area contributed by atoms with Crippen molar-refractivity contribution in [2.24, 2.45) is 0 Å². The number of amides is 1. The number of fused-ring (bicyclic) bond motifs is 2. The number of nitrogens with one attached hydrogen (secondary N) is 1. The van der Waals surface area contributed by atoms with Crippen LogP contribution in [-0.2, 0) is 4.79 Å². The minimum Gasteiger partial charge on any atom is -0.481 e. The Hall–Kier alpha value is -3.62. The zero-order valence-electron chi connectivity index (χ0n) is 17.5. The first-order valence-electron chi connectivity index (χ1n) is 9.99. The number of carbonyl (C=O) groups excluding carboxylic acids is 1. The molecule has 0 unspecified atom stereocenters. The van der Waals surface area contributed by atoms with Crippen molar-refractivity contribution >= 4 is 28.3 Å². The molecule has 0 spiro atoms. The number of hydrogen-bond donors (Lipinski definition) is 1. The average Bonchev–Trinajstić information content (AvgIpc) is 2.74. The van der Waals surface area contributed by atoms with Gasteiger partial charge in [0.25, 0.3) is 12.3 Å². The third-order valence-electron chi connectivity index (χ3n) is 5.26. The number of aromatic nitrogens is 2. The number of aryl methyl sites for hydroxylation is 1. The lowest BCUT2D eigenvalue weighted by atomic mass is 10.0. The highest BCUT2D eigenvalue weighted by Gasteiger charge is 2.27. The van der Waals surface area contributed by atoms with Gasteiger partial charge in [-0.25, -0.2) is 23.1 Å². The van der Waals surface area contributed by atoms with Gasteiger partial charge in [0.1, 0.15) is 23.2 Å². The second kappa shape index (κ2) is 8.49. The molecule has 166 valence electrons. The molecule has 32 heavy (non-hydrogen) atoms. The van der Waals surface area contributed by atoms with Gasteiger partial charge in [0.2, 0.25) is 0 Å². The molecule has 2 heterocycles. The van der Waals surface area contributed by atoms with Gasteiger partial charge in [-0.3, -0.25) is 4.79 Å². The van der Waals surface area contributed by atoms with Crippen molar-refractivity contribution in [3.05, 3.63) is 65.8 Å². The number of nitrogens with zero attached hydrogens (tertiary/aromatic N) is 3. The highest BCUT2D eigenvalue weighted by molar-refractivity contribution is 6.02. The Morgan fingerprint density at radius 2 is 2.03 bits per heavy atom. The number of benzene rings is 2. The second-order valence-corrected chi connectivity index (χ2v) is 7.46. The topological polar surface area (TPSA) is 67.4 Å². The van der Waals surface area contributed by atoms with Crippen molar-refractivity contribution in [1.82, 2.24) is 9.97 Å². The normalized spacial score (nSPS) is 14.3. The minimum absolute atomic E-state index is 0.0850. The van der Waals surface area contributed by atoms with Crippen LogP contribution in [0.5, 0.6) is 5.75 Å². The number of hydrogen-bond acceptors (Lipinski definition) is 5. The van der Waals surface area contributed by atoms with Crippen molar-refractivity contribution in [2.45, 2.75) is 26.3 Å². The van der Waals surface area contributed by atoms with Gasteiger partial charge >= 0.3 is 0 Å². The smallest absolute Gasteiger partial charge is 0.266 e. The van der Waals surface area contributed by atoms with Crippen LogP contribution in [0.3, 0.4) is 0 Å². The maximum Gasteiger partial charge on any atom is 0.266 e. The van der Waals surface area contributed by atoms with E-state index in [-0.39, 0.29) is 18.1 Å². The number of anilines is 2. The number of halogens is 3. The molecule has 0 fully saturated rings. The maximum absolute atomic E-state index is 14.7. The van der Waals surface area contributed by atoms with Gasteiger partial charge in [0.05, 0.1) is 22.8 Å². The summed E-state index contributed by atoms with van der Waals surface area (Å²) >= 11 is 0. The standard InChI is InChI=1S/C23H21F3N4O2/c1-4-8-30-18-9-16-17(10-19(18)32-11-20(30)31)28-13(3)29-23(16)27-12(2)14-6-5-7-15(21(14)24)22(25)26/h4-7,9-10,12,22H,1,8,11H2,2-3H3,(H,27,28,29)/t12-/m1/s1. The molecule has 6 nitrogen and oxygen atoms in total. The highest BCUT2D eigenvalue weighted by Crippen LogP contribution is 2.38. The summed E-state index contributed by atoms with van der Waals surface area (Å²) in [6, 6.07) is 6.70. The van der Waals surface area contributed by atoms with Gasteiger partial charge in [0.15, 0.2) is 6.61 Å². The predicted molar refractivity (Wildman–Crippen MR) is 116 cm³/mol. The van der Waals surface area contributed by atoms with Crippen LogP contribution in [0.4, 0.5) is 24.7 Å². The molecule has 1 aliphatic rings. The first-order chi connectivity index (χ1) is 15.3. The Balaban J connectivity index is 1.79. The molecule has 0 saturated carbocycles. The summed E-state index contributed by atoms with van der Waals surface area (Å²) in [5, 5.41) is 3.70. The van der Waals surface area contributed by atoms with Crippen LogP contribution < -0.4 is 15.0 Å². The van der Waals surface area contributed by atoms with Crippen LogP contribution in [-0.4, -0.2) is 29.0 Å². The largest absolute Gasteiger partial charge is 0.481 e. The molecule has 4 rings (SSSR count). The van der Waals surface area contributed by atoms with E-state index in [9.17, 15) is 18.0 Å². The fourth-order valence-electron chi connectivity index (χ4n) is 3.73. The molecule has 1 amide bonds. The lowest BCUT2D eigenvalue weighted by molar-refractivity contribution is -0.121. The van der Waals surface area contributed by atoms with E-state index in [1.54, 1.807) is 37.0 Å². The molecule has 1 N–H and O–H groups in total. The van der Waals surface area contributed by atoms with Crippen molar-refractivity contribution < 1.29 is 22.7 Å². The summed E-state index contributed by atoms with van der Waals surface area (Å²) in [5.41, 5.74) is 0.560. The molecule has 3 aromatic rings. The third-order valence-corrected chi connectivity index (χ3v) is 5.26. The van der Waals surface area contributed by atoms with Crippen LogP contribution in [0.1, 0.15) is 36.3 Å². The van der Waals surface area contributed by atoms with Crippen LogP contribution in [0.2, 0.25) is 0 Å². The molecule has 0 radical (unpaired) electrons. The van der Waals surface area contributed by atoms with Crippen LogP contribution in [0, 0.1) is 12.7 Å². The third kappa shape index (κ3) is 3.86. The number of rotatable bonds is 6. The summed E-state index contributed by atoms with van der Waals surface area (Å²) in [6.45, 7) is 7.28. The number of carbonyl (C=O) groups is 1. The summed E-state index contributed by atoms with van der Waals surface area (Å²) in [7, 11) is 0. The molecule has 2 aromatic carbocycles. The zero-order valence-corrected chi connectivity index (χ0v) is 17.5.